The Balaban J connectivity index is 1.64. The summed E-state index contributed by atoms with van der Waals surface area (Å²) in [5.41, 5.74) is 3.77. The lowest BCUT2D eigenvalue weighted by molar-refractivity contribution is 0.202. The number of halogens is 1. The lowest BCUT2D eigenvalue weighted by atomic mass is 10.0. The minimum absolute atomic E-state index is 0.169. The third-order valence-corrected chi connectivity index (χ3v) is 5.55. The number of rotatable bonds is 8. The van der Waals surface area contributed by atoms with Gasteiger partial charge in [0.15, 0.2) is 0 Å². The molecule has 1 aliphatic rings. The van der Waals surface area contributed by atoms with Crippen molar-refractivity contribution in [2.75, 3.05) is 24.5 Å². The van der Waals surface area contributed by atoms with E-state index >= 15 is 0 Å². The molecule has 0 aromatic heterocycles. The molecule has 0 amide bonds. The van der Waals surface area contributed by atoms with Crippen molar-refractivity contribution in [3.8, 4) is 5.75 Å². The van der Waals surface area contributed by atoms with Crippen LogP contribution >= 0.6 is 0 Å². The second-order valence-electron chi connectivity index (χ2n) is 8.73. The van der Waals surface area contributed by atoms with E-state index in [1.54, 1.807) is 12.1 Å². The molecule has 3 nitrogen and oxygen atoms in total. The second-order valence-corrected chi connectivity index (χ2v) is 8.73. The van der Waals surface area contributed by atoms with Crippen molar-refractivity contribution in [3.63, 3.8) is 0 Å². The molecule has 162 valence electrons. The molecule has 0 radical (unpaired) electrons. The summed E-state index contributed by atoms with van der Waals surface area (Å²) in [5.74, 6) is 0.752. The van der Waals surface area contributed by atoms with E-state index in [0.717, 1.165) is 44.8 Å². The summed E-state index contributed by atoms with van der Waals surface area (Å²) in [6.07, 6.45) is 4.75. The molecule has 0 unspecified atom stereocenters. The molecule has 3 rings (SSSR count). The first-order valence-corrected chi connectivity index (χ1v) is 11.0. The highest BCUT2D eigenvalue weighted by Gasteiger charge is 2.24. The predicted octanol–water partition coefficient (Wildman–Crippen LogP) is 6.05. The lowest BCUT2D eigenvalue weighted by Crippen LogP contribution is -2.45. The lowest BCUT2D eigenvalue weighted by Gasteiger charge is -2.39. The molecule has 0 atom stereocenters. The topological polar surface area (TPSA) is 15.7 Å². The number of anilines is 1. The molecule has 0 spiro atoms. The van der Waals surface area contributed by atoms with Crippen LogP contribution in [0.1, 0.15) is 46.1 Å². The fraction of sp³-hybridized carbons (Fsp3) is 0.462. The van der Waals surface area contributed by atoms with Crippen LogP contribution in [0.2, 0.25) is 0 Å². The van der Waals surface area contributed by atoms with Gasteiger partial charge in [-0.1, -0.05) is 23.8 Å². The fourth-order valence-corrected chi connectivity index (χ4v) is 3.97. The highest BCUT2D eigenvalue weighted by molar-refractivity contribution is 5.51. The maximum atomic E-state index is 13.2. The largest absolute Gasteiger partial charge is 0.491 e. The molecule has 2 aromatic carbocycles. The van der Waals surface area contributed by atoms with Gasteiger partial charge >= 0.3 is 0 Å². The minimum Gasteiger partial charge on any atom is -0.491 e. The molecule has 0 N–H and O–H groups in total. The quantitative estimate of drug-likeness (QED) is 0.493. The zero-order valence-corrected chi connectivity index (χ0v) is 18.8. The highest BCUT2D eigenvalue weighted by atomic mass is 19.1. The number of hydrogen-bond acceptors (Lipinski definition) is 3. The van der Waals surface area contributed by atoms with E-state index in [1.807, 2.05) is 12.1 Å². The maximum Gasteiger partial charge on any atom is 0.123 e. The van der Waals surface area contributed by atoms with Gasteiger partial charge in [0.25, 0.3) is 0 Å². The van der Waals surface area contributed by atoms with Crippen LogP contribution < -0.4 is 9.64 Å². The SMILES string of the molecule is CC(C)=CCN(c1ccc(OC(C)C)cc1)C1CCN(Cc2ccc(F)cc2)CC1. The van der Waals surface area contributed by atoms with Crippen LogP contribution in [0.3, 0.4) is 0 Å². The Morgan fingerprint density at radius 2 is 1.70 bits per heavy atom. The van der Waals surface area contributed by atoms with Gasteiger partial charge in [-0.3, -0.25) is 4.90 Å². The van der Waals surface area contributed by atoms with E-state index in [-0.39, 0.29) is 11.9 Å². The molecule has 0 bridgehead atoms. The standard InChI is InChI=1S/C26H35FN2O/c1-20(2)13-18-29(24-9-11-26(12-10-24)30-21(3)4)25-14-16-28(17-15-25)19-22-5-7-23(27)8-6-22/h5-13,21,25H,14-19H2,1-4H3. The third-order valence-electron chi connectivity index (χ3n) is 5.55. The predicted molar refractivity (Wildman–Crippen MR) is 124 cm³/mol. The summed E-state index contributed by atoms with van der Waals surface area (Å²) in [5, 5.41) is 0. The highest BCUT2D eigenvalue weighted by Crippen LogP contribution is 2.27. The van der Waals surface area contributed by atoms with Gasteiger partial charge in [0.05, 0.1) is 6.10 Å². The molecule has 4 heteroatoms. The molecule has 2 aromatic rings. The van der Waals surface area contributed by atoms with Gasteiger partial charge in [-0.2, -0.15) is 0 Å². The summed E-state index contributed by atoms with van der Waals surface area (Å²) in [6.45, 7) is 12.3. The first-order valence-electron chi connectivity index (χ1n) is 11.0. The van der Waals surface area contributed by atoms with E-state index in [0.29, 0.717) is 6.04 Å². The van der Waals surface area contributed by atoms with Gasteiger partial charge in [0.2, 0.25) is 0 Å². The summed E-state index contributed by atoms with van der Waals surface area (Å²) >= 11 is 0. The number of nitrogens with zero attached hydrogens (tertiary/aromatic N) is 2. The van der Waals surface area contributed by atoms with E-state index in [2.05, 4.69) is 67.8 Å². The molecule has 30 heavy (non-hydrogen) atoms. The van der Waals surface area contributed by atoms with Gasteiger partial charge in [0.1, 0.15) is 11.6 Å². The zero-order chi connectivity index (χ0) is 21.5. The number of ether oxygens (including phenoxy) is 1. The van der Waals surface area contributed by atoms with Crippen molar-refractivity contribution in [1.29, 1.82) is 0 Å². The fourth-order valence-electron chi connectivity index (χ4n) is 3.97. The Kier molecular flexibility index (Phi) is 7.92. The van der Waals surface area contributed by atoms with Crippen molar-refractivity contribution < 1.29 is 9.13 Å². The van der Waals surface area contributed by atoms with Crippen LogP contribution in [-0.2, 0) is 6.54 Å². The van der Waals surface area contributed by atoms with Crippen molar-refractivity contribution >= 4 is 5.69 Å². The monoisotopic (exact) mass is 410 g/mol. The Labute approximate surface area is 181 Å². The van der Waals surface area contributed by atoms with E-state index in [9.17, 15) is 4.39 Å². The van der Waals surface area contributed by atoms with Crippen LogP contribution in [-0.4, -0.2) is 36.7 Å². The summed E-state index contributed by atoms with van der Waals surface area (Å²) in [6, 6.07) is 15.9. The molecule has 1 aliphatic heterocycles. The second kappa shape index (κ2) is 10.6. The summed E-state index contributed by atoms with van der Waals surface area (Å²) < 4.78 is 19.0. The Morgan fingerprint density at radius 3 is 2.27 bits per heavy atom. The Bertz CT molecular complexity index is 802. The smallest absolute Gasteiger partial charge is 0.123 e. The van der Waals surface area contributed by atoms with Crippen molar-refractivity contribution in [3.05, 3.63) is 71.6 Å². The van der Waals surface area contributed by atoms with Gasteiger partial charge < -0.3 is 9.64 Å². The average molecular weight is 411 g/mol. The number of likely N-dealkylation sites (tertiary alicyclic amines) is 1. The van der Waals surface area contributed by atoms with Gasteiger partial charge in [-0.25, -0.2) is 4.39 Å². The molecular formula is C26H35FN2O. The van der Waals surface area contributed by atoms with Crippen LogP contribution in [0.5, 0.6) is 5.75 Å². The zero-order valence-electron chi connectivity index (χ0n) is 18.8. The molecule has 1 saturated heterocycles. The van der Waals surface area contributed by atoms with Gasteiger partial charge in [-0.05, 0) is 82.5 Å². The van der Waals surface area contributed by atoms with Crippen LogP contribution in [0.25, 0.3) is 0 Å². The Morgan fingerprint density at radius 1 is 1.07 bits per heavy atom. The Hall–Kier alpha value is -2.33. The molecule has 1 heterocycles. The normalized spacial score (nSPS) is 15.3. The first-order chi connectivity index (χ1) is 14.4. The van der Waals surface area contributed by atoms with Gasteiger partial charge in [-0.15, -0.1) is 0 Å². The van der Waals surface area contributed by atoms with Crippen LogP contribution in [0, 0.1) is 5.82 Å². The maximum absolute atomic E-state index is 13.2. The van der Waals surface area contributed by atoms with Crippen molar-refractivity contribution in [2.45, 2.75) is 59.2 Å². The van der Waals surface area contributed by atoms with E-state index in [4.69, 9.17) is 4.74 Å². The molecule has 0 aliphatic carbocycles. The van der Waals surface area contributed by atoms with Crippen LogP contribution in [0.4, 0.5) is 10.1 Å². The van der Waals surface area contributed by atoms with Gasteiger partial charge in [0, 0.05) is 37.9 Å². The third kappa shape index (κ3) is 6.60. The first kappa shape index (κ1) is 22.4. The van der Waals surface area contributed by atoms with Crippen molar-refractivity contribution in [2.24, 2.45) is 0 Å². The summed E-state index contributed by atoms with van der Waals surface area (Å²) in [7, 11) is 0. The number of benzene rings is 2. The van der Waals surface area contributed by atoms with Crippen LogP contribution in [0.15, 0.2) is 60.2 Å². The van der Waals surface area contributed by atoms with Crippen molar-refractivity contribution in [1.82, 2.24) is 4.90 Å². The number of hydrogen-bond donors (Lipinski definition) is 0. The average Bonchev–Trinajstić information content (AvgIpc) is 2.71. The molecule has 0 saturated carbocycles. The molecule has 1 fully saturated rings. The summed E-state index contributed by atoms with van der Waals surface area (Å²) in [4.78, 5) is 5.00. The van der Waals surface area contributed by atoms with E-state index in [1.165, 1.54) is 16.8 Å². The number of allylic oxidation sites excluding steroid dienone is 1. The van der Waals surface area contributed by atoms with E-state index < -0.39 is 0 Å². The molecular weight excluding hydrogens is 375 g/mol. The minimum atomic E-state index is -0.169. The number of piperidine rings is 1.